The third-order valence-electron chi connectivity index (χ3n) is 4.52. The predicted molar refractivity (Wildman–Crippen MR) is 85.4 cm³/mol. The molecule has 1 aromatic rings. The van der Waals surface area contributed by atoms with Crippen molar-refractivity contribution in [3.63, 3.8) is 0 Å². The third-order valence-corrected chi connectivity index (χ3v) is 4.52. The van der Waals surface area contributed by atoms with E-state index >= 15 is 0 Å². The Morgan fingerprint density at radius 1 is 1.11 bits per heavy atom. The minimum absolute atomic E-state index is 0.664. The molecule has 0 spiro atoms. The van der Waals surface area contributed by atoms with Crippen LogP contribution in [0.5, 0.6) is 0 Å². The summed E-state index contributed by atoms with van der Waals surface area (Å²) in [5.41, 5.74) is 6.12. The summed E-state index contributed by atoms with van der Waals surface area (Å²) >= 11 is 0. The third kappa shape index (κ3) is 2.94. The first-order chi connectivity index (χ1) is 9.06. The number of fused-ring (bicyclic) bond motifs is 1. The van der Waals surface area contributed by atoms with Gasteiger partial charge in [0.15, 0.2) is 0 Å². The Morgan fingerprint density at radius 3 is 2.37 bits per heavy atom. The highest BCUT2D eigenvalue weighted by atomic mass is 14.3. The Kier molecular flexibility index (Phi) is 4.50. The molecule has 1 aliphatic rings. The van der Waals surface area contributed by atoms with Crippen molar-refractivity contribution in [2.45, 2.75) is 59.8 Å². The standard InChI is InChI=1S/C19H28/c1-6-16(7-2)19-14(5)11-17-9-8-15(10-13(3)4)12-18(17)19/h8-9,11-13,16,19H,6-7,10H2,1-5H3. The SMILES string of the molecule is CCC(CC)C1C(C)=Cc2ccc(CC(C)C)cc21. The van der Waals surface area contributed by atoms with Crippen molar-refractivity contribution in [1.82, 2.24) is 0 Å². The predicted octanol–water partition coefficient (Wildman–Crippen LogP) is 5.82. The molecule has 0 heterocycles. The Hall–Kier alpha value is -1.04. The summed E-state index contributed by atoms with van der Waals surface area (Å²) < 4.78 is 0. The van der Waals surface area contributed by atoms with E-state index in [1.54, 1.807) is 11.1 Å². The van der Waals surface area contributed by atoms with E-state index < -0.39 is 0 Å². The minimum Gasteiger partial charge on any atom is -0.0651 e. The molecule has 0 radical (unpaired) electrons. The molecule has 19 heavy (non-hydrogen) atoms. The van der Waals surface area contributed by atoms with Gasteiger partial charge in [0.1, 0.15) is 0 Å². The van der Waals surface area contributed by atoms with E-state index in [1.165, 1.54) is 30.4 Å². The van der Waals surface area contributed by atoms with E-state index in [1.807, 2.05) is 0 Å². The molecular formula is C19H28. The summed E-state index contributed by atoms with van der Waals surface area (Å²) in [5.74, 6) is 2.20. The van der Waals surface area contributed by atoms with Gasteiger partial charge in [0.2, 0.25) is 0 Å². The summed E-state index contributed by atoms with van der Waals surface area (Å²) in [6.45, 7) is 11.6. The van der Waals surface area contributed by atoms with Crippen LogP contribution in [-0.4, -0.2) is 0 Å². The first-order valence-electron chi connectivity index (χ1n) is 7.87. The van der Waals surface area contributed by atoms with Crippen LogP contribution in [0.3, 0.4) is 0 Å². The molecule has 104 valence electrons. The molecule has 0 nitrogen and oxygen atoms in total. The maximum absolute atomic E-state index is 2.48. The average molecular weight is 256 g/mol. The van der Waals surface area contributed by atoms with Crippen molar-refractivity contribution < 1.29 is 0 Å². The topological polar surface area (TPSA) is 0 Å². The normalized spacial score (nSPS) is 18.1. The van der Waals surface area contributed by atoms with Crippen LogP contribution in [0.1, 0.15) is 70.1 Å². The molecule has 0 N–H and O–H groups in total. The van der Waals surface area contributed by atoms with Gasteiger partial charge in [-0.2, -0.15) is 0 Å². The van der Waals surface area contributed by atoms with Crippen LogP contribution >= 0.6 is 0 Å². The lowest BCUT2D eigenvalue weighted by molar-refractivity contribution is 0.437. The molecule has 0 aliphatic heterocycles. The summed E-state index contributed by atoms with van der Waals surface area (Å²) in [6.07, 6.45) is 6.15. The van der Waals surface area contributed by atoms with Gasteiger partial charge in [-0.1, -0.05) is 70.4 Å². The fraction of sp³-hybridized carbons (Fsp3) is 0.579. The Balaban J connectivity index is 2.34. The molecule has 0 saturated carbocycles. The van der Waals surface area contributed by atoms with Gasteiger partial charge in [0, 0.05) is 5.92 Å². The van der Waals surface area contributed by atoms with Crippen LogP contribution in [0.25, 0.3) is 6.08 Å². The zero-order chi connectivity index (χ0) is 14.0. The second-order valence-electron chi connectivity index (χ2n) is 6.50. The molecule has 2 rings (SSSR count). The Labute approximate surface area is 118 Å². The molecule has 0 heteroatoms. The number of hydrogen-bond acceptors (Lipinski definition) is 0. The zero-order valence-corrected chi connectivity index (χ0v) is 13.2. The van der Waals surface area contributed by atoms with Crippen LogP contribution in [-0.2, 0) is 6.42 Å². The van der Waals surface area contributed by atoms with Gasteiger partial charge in [0.05, 0.1) is 0 Å². The van der Waals surface area contributed by atoms with Gasteiger partial charge in [0.25, 0.3) is 0 Å². The molecule has 1 aliphatic carbocycles. The Bertz CT molecular complexity index is 461. The van der Waals surface area contributed by atoms with Crippen LogP contribution in [0.2, 0.25) is 0 Å². The molecule has 0 fully saturated rings. The van der Waals surface area contributed by atoms with Gasteiger partial charge in [-0.05, 0) is 41.9 Å². The van der Waals surface area contributed by atoms with E-state index in [4.69, 9.17) is 0 Å². The maximum Gasteiger partial charge on any atom is 0.00828 e. The van der Waals surface area contributed by atoms with Crippen molar-refractivity contribution >= 4 is 6.08 Å². The number of rotatable bonds is 5. The molecule has 1 aromatic carbocycles. The largest absolute Gasteiger partial charge is 0.0651 e. The number of allylic oxidation sites excluding steroid dienone is 1. The monoisotopic (exact) mass is 256 g/mol. The minimum atomic E-state index is 0.664. The van der Waals surface area contributed by atoms with Crippen LogP contribution < -0.4 is 0 Å². The van der Waals surface area contributed by atoms with Crippen LogP contribution in [0, 0.1) is 11.8 Å². The van der Waals surface area contributed by atoms with Crippen LogP contribution in [0.15, 0.2) is 23.8 Å². The maximum atomic E-state index is 2.48. The molecule has 0 bridgehead atoms. The van der Waals surface area contributed by atoms with E-state index in [-0.39, 0.29) is 0 Å². The van der Waals surface area contributed by atoms with Crippen molar-refractivity contribution in [3.8, 4) is 0 Å². The molecule has 0 aromatic heterocycles. The quantitative estimate of drug-likeness (QED) is 0.622. The lowest BCUT2D eigenvalue weighted by atomic mass is 9.80. The molecule has 0 saturated heterocycles. The van der Waals surface area contributed by atoms with Crippen LogP contribution in [0.4, 0.5) is 0 Å². The van der Waals surface area contributed by atoms with E-state index in [0.29, 0.717) is 5.92 Å². The van der Waals surface area contributed by atoms with E-state index in [2.05, 4.69) is 58.9 Å². The van der Waals surface area contributed by atoms with Crippen molar-refractivity contribution in [3.05, 3.63) is 40.5 Å². The van der Waals surface area contributed by atoms with Gasteiger partial charge in [-0.3, -0.25) is 0 Å². The zero-order valence-electron chi connectivity index (χ0n) is 13.2. The number of benzene rings is 1. The average Bonchev–Trinajstić information content (AvgIpc) is 2.67. The molecule has 1 unspecified atom stereocenters. The van der Waals surface area contributed by atoms with Crippen molar-refractivity contribution in [1.29, 1.82) is 0 Å². The summed E-state index contributed by atoms with van der Waals surface area (Å²) in [5, 5.41) is 0. The van der Waals surface area contributed by atoms with Crippen molar-refractivity contribution in [2.24, 2.45) is 11.8 Å². The Morgan fingerprint density at radius 2 is 1.79 bits per heavy atom. The fourth-order valence-corrected chi connectivity index (χ4v) is 3.59. The highest BCUT2D eigenvalue weighted by molar-refractivity contribution is 5.66. The van der Waals surface area contributed by atoms with Crippen molar-refractivity contribution in [2.75, 3.05) is 0 Å². The summed E-state index contributed by atoms with van der Waals surface area (Å²) in [4.78, 5) is 0. The lowest BCUT2D eigenvalue weighted by Crippen LogP contribution is -2.11. The molecule has 1 atom stereocenters. The van der Waals surface area contributed by atoms with E-state index in [0.717, 1.165) is 11.8 Å². The van der Waals surface area contributed by atoms with Gasteiger partial charge < -0.3 is 0 Å². The second-order valence-corrected chi connectivity index (χ2v) is 6.50. The highest BCUT2D eigenvalue weighted by Crippen LogP contribution is 2.43. The summed E-state index contributed by atoms with van der Waals surface area (Å²) in [6, 6.07) is 7.13. The first-order valence-corrected chi connectivity index (χ1v) is 7.87. The van der Waals surface area contributed by atoms with Gasteiger partial charge in [-0.15, -0.1) is 0 Å². The second kappa shape index (κ2) is 5.94. The molecule has 0 amide bonds. The lowest BCUT2D eigenvalue weighted by Gasteiger charge is -2.24. The summed E-state index contributed by atoms with van der Waals surface area (Å²) in [7, 11) is 0. The highest BCUT2D eigenvalue weighted by Gasteiger charge is 2.28. The molecular weight excluding hydrogens is 228 g/mol. The van der Waals surface area contributed by atoms with Gasteiger partial charge >= 0.3 is 0 Å². The first kappa shape index (κ1) is 14.4. The van der Waals surface area contributed by atoms with E-state index in [9.17, 15) is 0 Å². The number of hydrogen-bond donors (Lipinski definition) is 0. The fourth-order valence-electron chi connectivity index (χ4n) is 3.59. The van der Waals surface area contributed by atoms with Gasteiger partial charge in [-0.25, -0.2) is 0 Å². The smallest absolute Gasteiger partial charge is 0.00828 e.